The number of benzene rings is 1. The topological polar surface area (TPSA) is 76.4 Å². The third kappa shape index (κ3) is 2.44. The summed E-state index contributed by atoms with van der Waals surface area (Å²) >= 11 is 0. The maximum Gasteiger partial charge on any atom is 0.416 e. The summed E-state index contributed by atoms with van der Waals surface area (Å²) in [5, 5.41) is 11.5. The lowest BCUT2D eigenvalue weighted by molar-refractivity contribution is -0.137. The van der Waals surface area contributed by atoms with Crippen molar-refractivity contribution in [2.75, 3.05) is 0 Å². The number of amidine groups is 1. The standard InChI is InChI=1S/C12H11F3N4O/c1-7-17-4-5-19(7)10-3-2-8(12(13,14)15)6-9(10)11(16)18-20/h2-6,20H,1H3,(H2,16,18). The molecule has 0 spiro atoms. The molecule has 2 aromatic rings. The lowest BCUT2D eigenvalue weighted by Gasteiger charge is -2.14. The van der Waals surface area contributed by atoms with Crippen molar-refractivity contribution >= 4 is 5.84 Å². The van der Waals surface area contributed by atoms with E-state index in [0.29, 0.717) is 11.5 Å². The molecule has 0 fully saturated rings. The van der Waals surface area contributed by atoms with Crippen molar-refractivity contribution in [2.45, 2.75) is 13.1 Å². The number of nitrogens with two attached hydrogens (primary N) is 1. The van der Waals surface area contributed by atoms with Crippen LogP contribution in [0.2, 0.25) is 0 Å². The smallest absolute Gasteiger partial charge is 0.409 e. The van der Waals surface area contributed by atoms with E-state index in [1.807, 2.05) is 0 Å². The highest BCUT2D eigenvalue weighted by molar-refractivity contribution is 6.00. The zero-order valence-corrected chi connectivity index (χ0v) is 10.4. The predicted octanol–water partition coefficient (Wildman–Crippen LogP) is 2.29. The van der Waals surface area contributed by atoms with E-state index >= 15 is 0 Å². The molecule has 0 saturated carbocycles. The number of aromatic nitrogens is 2. The first-order valence-electron chi connectivity index (χ1n) is 5.54. The van der Waals surface area contributed by atoms with Crippen LogP contribution in [-0.2, 0) is 6.18 Å². The van der Waals surface area contributed by atoms with Crippen LogP contribution in [0.25, 0.3) is 5.69 Å². The Morgan fingerprint density at radius 1 is 1.40 bits per heavy atom. The van der Waals surface area contributed by atoms with Gasteiger partial charge in [0, 0.05) is 18.0 Å². The van der Waals surface area contributed by atoms with Crippen molar-refractivity contribution in [2.24, 2.45) is 10.9 Å². The molecule has 1 aromatic heterocycles. The van der Waals surface area contributed by atoms with Crippen molar-refractivity contribution < 1.29 is 18.4 Å². The molecule has 106 valence electrons. The average molecular weight is 284 g/mol. The summed E-state index contributed by atoms with van der Waals surface area (Å²) in [7, 11) is 0. The molecular formula is C12H11F3N4O. The number of hydrogen-bond acceptors (Lipinski definition) is 3. The van der Waals surface area contributed by atoms with E-state index in [0.717, 1.165) is 12.1 Å². The highest BCUT2D eigenvalue weighted by atomic mass is 19.4. The van der Waals surface area contributed by atoms with Crippen molar-refractivity contribution in [1.82, 2.24) is 9.55 Å². The van der Waals surface area contributed by atoms with E-state index in [1.165, 1.54) is 12.3 Å². The molecule has 0 atom stereocenters. The number of hydrogen-bond donors (Lipinski definition) is 2. The third-order valence-electron chi connectivity index (χ3n) is 2.79. The van der Waals surface area contributed by atoms with Crippen LogP contribution in [0, 0.1) is 6.92 Å². The van der Waals surface area contributed by atoms with Crippen LogP contribution in [0.3, 0.4) is 0 Å². The van der Waals surface area contributed by atoms with Gasteiger partial charge in [-0.15, -0.1) is 0 Å². The number of imidazole rings is 1. The largest absolute Gasteiger partial charge is 0.416 e. The molecule has 0 bridgehead atoms. The van der Waals surface area contributed by atoms with Gasteiger partial charge in [-0.3, -0.25) is 0 Å². The van der Waals surface area contributed by atoms with Crippen LogP contribution >= 0.6 is 0 Å². The number of nitrogens with zero attached hydrogens (tertiary/aromatic N) is 3. The Morgan fingerprint density at radius 2 is 2.10 bits per heavy atom. The van der Waals surface area contributed by atoms with Crippen LogP contribution < -0.4 is 5.73 Å². The molecule has 0 amide bonds. The Kier molecular flexibility index (Phi) is 3.39. The third-order valence-corrected chi connectivity index (χ3v) is 2.79. The van der Waals surface area contributed by atoms with E-state index in [-0.39, 0.29) is 5.56 Å². The minimum atomic E-state index is -4.51. The summed E-state index contributed by atoms with van der Waals surface area (Å²) < 4.78 is 39.7. The van der Waals surface area contributed by atoms with Gasteiger partial charge in [-0.1, -0.05) is 5.16 Å². The zero-order valence-electron chi connectivity index (χ0n) is 10.4. The van der Waals surface area contributed by atoms with E-state index in [1.54, 1.807) is 17.7 Å². The van der Waals surface area contributed by atoms with Crippen molar-refractivity contribution in [3.8, 4) is 5.69 Å². The number of aryl methyl sites for hydroxylation is 1. The molecule has 5 nitrogen and oxygen atoms in total. The van der Waals surface area contributed by atoms with Gasteiger partial charge in [0.15, 0.2) is 5.84 Å². The van der Waals surface area contributed by atoms with Gasteiger partial charge in [0.2, 0.25) is 0 Å². The molecule has 20 heavy (non-hydrogen) atoms. The Labute approximate surface area is 112 Å². The molecule has 0 aliphatic carbocycles. The van der Waals surface area contributed by atoms with Crippen LogP contribution in [0.5, 0.6) is 0 Å². The Morgan fingerprint density at radius 3 is 2.60 bits per heavy atom. The minimum absolute atomic E-state index is 0.0246. The number of halogens is 3. The fourth-order valence-corrected chi connectivity index (χ4v) is 1.81. The molecule has 8 heteroatoms. The predicted molar refractivity (Wildman–Crippen MR) is 65.8 cm³/mol. The normalized spacial score (nSPS) is 12.7. The minimum Gasteiger partial charge on any atom is -0.409 e. The Hall–Kier alpha value is -2.51. The lowest BCUT2D eigenvalue weighted by atomic mass is 10.1. The maximum atomic E-state index is 12.7. The number of rotatable bonds is 2. The summed E-state index contributed by atoms with van der Waals surface area (Å²) in [4.78, 5) is 3.99. The molecule has 0 aliphatic heterocycles. The second-order valence-corrected chi connectivity index (χ2v) is 4.06. The van der Waals surface area contributed by atoms with E-state index in [4.69, 9.17) is 10.9 Å². The van der Waals surface area contributed by atoms with Gasteiger partial charge in [0.1, 0.15) is 5.82 Å². The van der Waals surface area contributed by atoms with Crippen molar-refractivity contribution in [3.63, 3.8) is 0 Å². The van der Waals surface area contributed by atoms with Gasteiger partial charge < -0.3 is 15.5 Å². The number of oxime groups is 1. The summed E-state index contributed by atoms with van der Waals surface area (Å²) in [5.41, 5.74) is 4.91. The van der Waals surface area contributed by atoms with Gasteiger partial charge in [-0.25, -0.2) is 4.98 Å². The van der Waals surface area contributed by atoms with Crippen LogP contribution in [-0.4, -0.2) is 20.6 Å². The lowest BCUT2D eigenvalue weighted by Crippen LogP contribution is -2.18. The van der Waals surface area contributed by atoms with Crippen LogP contribution in [0.15, 0.2) is 35.7 Å². The summed E-state index contributed by atoms with van der Waals surface area (Å²) in [6.07, 6.45) is -1.43. The molecular weight excluding hydrogens is 273 g/mol. The quantitative estimate of drug-likeness (QED) is 0.384. The van der Waals surface area contributed by atoms with Crippen LogP contribution in [0.4, 0.5) is 13.2 Å². The highest BCUT2D eigenvalue weighted by Crippen LogP contribution is 2.31. The first-order valence-corrected chi connectivity index (χ1v) is 5.54. The molecule has 1 heterocycles. The Balaban J connectivity index is 2.67. The Bertz CT molecular complexity index is 661. The fraction of sp³-hybridized carbons (Fsp3) is 0.167. The molecule has 2 rings (SSSR count). The first kappa shape index (κ1) is 13.9. The highest BCUT2D eigenvalue weighted by Gasteiger charge is 2.31. The first-order chi connectivity index (χ1) is 9.34. The van der Waals surface area contributed by atoms with E-state index in [2.05, 4.69) is 10.1 Å². The van der Waals surface area contributed by atoms with Crippen molar-refractivity contribution in [3.05, 3.63) is 47.5 Å². The van der Waals surface area contributed by atoms with Gasteiger partial charge in [0.05, 0.1) is 11.3 Å². The SMILES string of the molecule is Cc1nccn1-c1ccc(C(F)(F)F)cc1/C(N)=N/O. The van der Waals surface area contributed by atoms with Crippen LogP contribution in [0.1, 0.15) is 17.0 Å². The van der Waals surface area contributed by atoms with Crippen molar-refractivity contribution in [1.29, 1.82) is 0 Å². The second-order valence-electron chi connectivity index (χ2n) is 4.06. The number of alkyl halides is 3. The van der Waals surface area contributed by atoms with Gasteiger partial charge >= 0.3 is 6.18 Å². The monoisotopic (exact) mass is 284 g/mol. The maximum absolute atomic E-state index is 12.7. The van der Waals surface area contributed by atoms with E-state index < -0.39 is 17.6 Å². The van der Waals surface area contributed by atoms with Gasteiger partial charge in [-0.05, 0) is 25.1 Å². The molecule has 1 aromatic carbocycles. The summed E-state index contributed by atoms with van der Waals surface area (Å²) in [6, 6.07) is 3.03. The molecule has 0 saturated heterocycles. The fourth-order valence-electron chi connectivity index (χ4n) is 1.81. The molecule has 3 N–H and O–H groups in total. The molecule has 0 unspecified atom stereocenters. The molecule has 0 radical (unpaired) electrons. The van der Waals surface area contributed by atoms with Gasteiger partial charge in [0.25, 0.3) is 0 Å². The zero-order chi connectivity index (χ0) is 14.9. The molecule has 0 aliphatic rings. The van der Waals surface area contributed by atoms with Gasteiger partial charge in [-0.2, -0.15) is 13.2 Å². The van der Waals surface area contributed by atoms with E-state index in [9.17, 15) is 13.2 Å². The average Bonchev–Trinajstić information content (AvgIpc) is 2.82. The summed E-state index contributed by atoms with van der Waals surface area (Å²) in [6.45, 7) is 1.69. The second kappa shape index (κ2) is 4.87. The summed E-state index contributed by atoms with van der Waals surface area (Å²) in [5.74, 6) is 0.163.